The maximum atomic E-state index is 10.9. The predicted molar refractivity (Wildman–Crippen MR) is 61.5 cm³/mol. The highest BCUT2D eigenvalue weighted by Crippen LogP contribution is 2.24. The lowest BCUT2D eigenvalue weighted by Gasteiger charge is -2.10. The highest BCUT2D eigenvalue weighted by Gasteiger charge is 2.18. The largest absolute Gasteiger partial charge is 0.480 e. The molecule has 0 aromatic heterocycles. The molecule has 0 radical (unpaired) electrons. The zero-order valence-electron chi connectivity index (χ0n) is 8.92. The van der Waals surface area contributed by atoms with Gasteiger partial charge in [-0.2, -0.15) is 0 Å². The molecule has 0 heterocycles. The molecule has 0 bridgehead atoms. The number of methoxy groups -OCH3 is 1. The van der Waals surface area contributed by atoms with Crippen LogP contribution in [0.3, 0.4) is 0 Å². The first-order valence-corrected chi connectivity index (χ1v) is 5.63. The van der Waals surface area contributed by atoms with Crippen molar-refractivity contribution in [3.8, 4) is 0 Å². The molecule has 0 aliphatic carbocycles. The Kier molecular flexibility index (Phi) is 5.31. The number of carboxylic acid groups (broad SMARTS) is 1. The minimum atomic E-state index is -0.891. The number of carbonyl (C=O) groups is 1. The van der Waals surface area contributed by atoms with E-state index < -0.39 is 11.2 Å². The average molecular weight is 242 g/mol. The van der Waals surface area contributed by atoms with E-state index in [1.165, 1.54) is 18.9 Å². The van der Waals surface area contributed by atoms with Crippen LogP contribution in [0.4, 0.5) is 0 Å². The van der Waals surface area contributed by atoms with Crippen molar-refractivity contribution in [1.82, 2.24) is 0 Å². The SMILES string of the molecule is COCC(Sc1ccc(CO)cc1)C(=O)O. The highest BCUT2D eigenvalue weighted by molar-refractivity contribution is 8.00. The molecule has 0 aliphatic rings. The van der Waals surface area contributed by atoms with Gasteiger partial charge in [-0.15, -0.1) is 11.8 Å². The Bertz CT molecular complexity index is 336. The first-order chi connectivity index (χ1) is 7.67. The van der Waals surface area contributed by atoms with Gasteiger partial charge in [-0.25, -0.2) is 0 Å². The average Bonchev–Trinajstić information content (AvgIpc) is 2.29. The number of thioether (sulfide) groups is 1. The normalized spacial score (nSPS) is 12.4. The van der Waals surface area contributed by atoms with Crippen molar-refractivity contribution in [2.75, 3.05) is 13.7 Å². The van der Waals surface area contributed by atoms with E-state index >= 15 is 0 Å². The zero-order valence-corrected chi connectivity index (χ0v) is 9.74. The fraction of sp³-hybridized carbons (Fsp3) is 0.364. The van der Waals surface area contributed by atoms with Crippen LogP contribution in [0.5, 0.6) is 0 Å². The number of rotatable bonds is 6. The Morgan fingerprint density at radius 1 is 1.44 bits per heavy atom. The second kappa shape index (κ2) is 6.52. The lowest BCUT2D eigenvalue weighted by Crippen LogP contribution is -2.21. The summed E-state index contributed by atoms with van der Waals surface area (Å²) in [6, 6.07) is 7.13. The van der Waals surface area contributed by atoms with Crippen molar-refractivity contribution in [3.63, 3.8) is 0 Å². The Hall–Kier alpha value is -1.04. The molecule has 0 saturated carbocycles. The van der Waals surface area contributed by atoms with E-state index in [9.17, 15) is 4.79 Å². The predicted octanol–water partition coefficient (Wildman–Crippen LogP) is 1.37. The van der Waals surface area contributed by atoms with E-state index in [1.54, 1.807) is 24.3 Å². The van der Waals surface area contributed by atoms with Crippen LogP contribution in [0, 0.1) is 0 Å². The van der Waals surface area contributed by atoms with Crippen LogP contribution in [0.15, 0.2) is 29.2 Å². The second-order valence-corrected chi connectivity index (χ2v) is 4.48. The summed E-state index contributed by atoms with van der Waals surface area (Å²) in [5.74, 6) is -0.891. The number of hydrogen-bond donors (Lipinski definition) is 2. The molecule has 0 saturated heterocycles. The van der Waals surface area contributed by atoms with Crippen molar-refractivity contribution in [3.05, 3.63) is 29.8 Å². The summed E-state index contributed by atoms with van der Waals surface area (Å²) in [5.41, 5.74) is 0.808. The molecule has 2 N–H and O–H groups in total. The molecule has 16 heavy (non-hydrogen) atoms. The number of carboxylic acids is 1. The van der Waals surface area contributed by atoms with Crippen molar-refractivity contribution >= 4 is 17.7 Å². The summed E-state index contributed by atoms with van der Waals surface area (Å²) in [4.78, 5) is 11.7. The van der Waals surface area contributed by atoms with Gasteiger partial charge >= 0.3 is 5.97 Å². The second-order valence-electron chi connectivity index (χ2n) is 3.20. The van der Waals surface area contributed by atoms with Crippen LogP contribution in [-0.2, 0) is 16.1 Å². The van der Waals surface area contributed by atoms with Gasteiger partial charge in [-0.05, 0) is 17.7 Å². The summed E-state index contributed by atoms with van der Waals surface area (Å²) < 4.78 is 4.84. The quantitative estimate of drug-likeness (QED) is 0.737. The lowest BCUT2D eigenvalue weighted by molar-refractivity contribution is -0.137. The monoisotopic (exact) mass is 242 g/mol. The first kappa shape index (κ1) is 13.0. The van der Waals surface area contributed by atoms with Crippen LogP contribution in [0.1, 0.15) is 5.56 Å². The fourth-order valence-corrected chi connectivity index (χ4v) is 2.07. The maximum absolute atomic E-state index is 10.9. The molecule has 4 nitrogen and oxygen atoms in total. The van der Waals surface area contributed by atoms with Crippen molar-refractivity contribution in [1.29, 1.82) is 0 Å². The molecule has 1 aromatic carbocycles. The van der Waals surface area contributed by atoms with Gasteiger partial charge in [-0.1, -0.05) is 12.1 Å². The van der Waals surface area contributed by atoms with Crippen molar-refractivity contribution < 1.29 is 19.7 Å². The molecule has 1 rings (SSSR count). The summed E-state index contributed by atoms with van der Waals surface area (Å²) in [6.07, 6.45) is 0. The summed E-state index contributed by atoms with van der Waals surface area (Å²) in [6.45, 7) is 0.160. The lowest BCUT2D eigenvalue weighted by atomic mass is 10.2. The van der Waals surface area contributed by atoms with E-state index in [0.717, 1.165) is 10.5 Å². The van der Waals surface area contributed by atoms with Gasteiger partial charge in [0.05, 0.1) is 13.2 Å². The number of hydrogen-bond acceptors (Lipinski definition) is 4. The number of ether oxygens (including phenoxy) is 1. The van der Waals surface area contributed by atoms with Gasteiger partial charge < -0.3 is 14.9 Å². The van der Waals surface area contributed by atoms with Crippen molar-refractivity contribution in [2.45, 2.75) is 16.8 Å². The van der Waals surface area contributed by atoms with Crippen LogP contribution in [0.25, 0.3) is 0 Å². The highest BCUT2D eigenvalue weighted by atomic mass is 32.2. The molecular weight excluding hydrogens is 228 g/mol. The summed E-state index contributed by atoms with van der Waals surface area (Å²) in [7, 11) is 1.48. The number of benzene rings is 1. The molecule has 1 atom stereocenters. The van der Waals surface area contributed by atoms with E-state index in [1.807, 2.05) is 0 Å². The van der Waals surface area contributed by atoms with Gasteiger partial charge in [0.2, 0.25) is 0 Å². The van der Waals surface area contributed by atoms with Gasteiger partial charge in [0.25, 0.3) is 0 Å². The van der Waals surface area contributed by atoms with E-state index in [-0.39, 0.29) is 13.2 Å². The van der Waals surface area contributed by atoms with Gasteiger partial charge in [-0.3, -0.25) is 4.79 Å². The van der Waals surface area contributed by atoms with Crippen molar-refractivity contribution in [2.24, 2.45) is 0 Å². The zero-order chi connectivity index (χ0) is 12.0. The van der Waals surface area contributed by atoms with Crippen LogP contribution >= 0.6 is 11.8 Å². The maximum Gasteiger partial charge on any atom is 0.319 e. The Morgan fingerprint density at radius 3 is 2.50 bits per heavy atom. The number of aliphatic hydroxyl groups excluding tert-OH is 1. The third-order valence-corrected chi connectivity index (χ3v) is 3.14. The molecule has 0 fully saturated rings. The van der Waals surface area contributed by atoms with Crippen LogP contribution in [-0.4, -0.2) is 35.1 Å². The Morgan fingerprint density at radius 2 is 2.06 bits per heavy atom. The number of aliphatic hydroxyl groups is 1. The molecule has 0 aliphatic heterocycles. The third-order valence-electron chi connectivity index (χ3n) is 1.98. The van der Waals surface area contributed by atoms with Gasteiger partial charge in [0, 0.05) is 12.0 Å². The molecular formula is C11H14O4S. The molecule has 0 amide bonds. The Balaban J connectivity index is 2.65. The molecule has 88 valence electrons. The summed E-state index contributed by atoms with van der Waals surface area (Å²) in [5, 5.41) is 17.2. The minimum Gasteiger partial charge on any atom is -0.480 e. The van der Waals surface area contributed by atoms with E-state index in [4.69, 9.17) is 14.9 Å². The number of aliphatic carboxylic acids is 1. The molecule has 5 heteroatoms. The van der Waals surface area contributed by atoms with E-state index in [2.05, 4.69) is 0 Å². The molecule has 1 aromatic rings. The van der Waals surface area contributed by atoms with Crippen LogP contribution < -0.4 is 0 Å². The first-order valence-electron chi connectivity index (χ1n) is 4.75. The molecule has 1 unspecified atom stereocenters. The standard InChI is InChI=1S/C11H14O4S/c1-15-7-10(11(13)14)16-9-4-2-8(6-12)3-5-9/h2-5,10,12H,6-7H2,1H3,(H,13,14). The molecule has 0 spiro atoms. The van der Waals surface area contributed by atoms with E-state index in [0.29, 0.717) is 0 Å². The fourth-order valence-electron chi connectivity index (χ4n) is 1.14. The van der Waals surface area contributed by atoms with Crippen LogP contribution in [0.2, 0.25) is 0 Å². The Labute approximate surface area is 98.2 Å². The third kappa shape index (κ3) is 3.84. The summed E-state index contributed by atoms with van der Waals surface area (Å²) >= 11 is 1.23. The van der Waals surface area contributed by atoms with Gasteiger partial charge in [0.15, 0.2) is 0 Å². The smallest absolute Gasteiger partial charge is 0.319 e. The minimum absolute atomic E-state index is 0.00855. The van der Waals surface area contributed by atoms with Gasteiger partial charge in [0.1, 0.15) is 5.25 Å². The topological polar surface area (TPSA) is 66.8 Å².